The minimum atomic E-state index is -0.376. The van der Waals surface area contributed by atoms with Gasteiger partial charge in [-0.2, -0.15) is 4.73 Å². The van der Waals surface area contributed by atoms with Gasteiger partial charge in [-0.3, -0.25) is 9.78 Å². The zero-order valence-corrected chi connectivity index (χ0v) is 16.0. The Hall–Kier alpha value is -3.55. The van der Waals surface area contributed by atoms with Crippen LogP contribution in [0.1, 0.15) is 27.3 Å². The number of pyridine rings is 1. The highest BCUT2D eigenvalue weighted by Gasteiger charge is 2.28. The summed E-state index contributed by atoms with van der Waals surface area (Å²) in [5.74, 6) is -0.189. The standard InChI is InChI=1S/C21H19FN4O3/c1-12-9-23-13(2)19(25-12)18-8-16(22)6-15-7-17(29-20(15)18)10-24-21(27)14-4-3-5-26(28)11-14/h3-6,8-9,11,17H,7,10H2,1-2H3,(H,24,27). The van der Waals surface area contributed by atoms with Crippen LogP contribution < -0.4 is 14.8 Å². The molecule has 0 saturated heterocycles. The van der Waals surface area contributed by atoms with Gasteiger partial charge >= 0.3 is 0 Å². The molecule has 1 unspecified atom stereocenters. The molecular formula is C21H19FN4O3. The normalized spacial score (nSPS) is 14.9. The van der Waals surface area contributed by atoms with Gasteiger partial charge in [-0.25, -0.2) is 9.37 Å². The molecule has 0 fully saturated rings. The van der Waals surface area contributed by atoms with E-state index in [1.165, 1.54) is 30.6 Å². The van der Waals surface area contributed by atoms with Crippen LogP contribution in [-0.4, -0.2) is 28.5 Å². The van der Waals surface area contributed by atoms with E-state index in [1.807, 2.05) is 13.8 Å². The summed E-state index contributed by atoms with van der Waals surface area (Å²) >= 11 is 0. The van der Waals surface area contributed by atoms with Crippen molar-refractivity contribution >= 4 is 5.91 Å². The van der Waals surface area contributed by atoms with Gasteiger partial charge < -0.3 is 15.3 Å². The number of fused-ring (bicyclic) bond motifs is 1. The Kier molecular flexibility index (Phi) is 4.84. The molecule has 8 heteroatoms. The van der Waals surface area contributed by atoms with E-state index in [2.05, 4.69) is 15.3 Å². The lowest BCUT2D eigenvalue weighted by Crippen LogP contribution is -2.36. The number of carbonyl (C=O) groups is 1. The lowest BCUT2D eigenvalue weighted by molar-refractivity contribution is -0.605. The van der Waals surface area contributed by atoms with Gasteiger partial charge in [-0.1, -0.05) is 0 Å². The molecular weight excluding hydrogens is 375 g/mol. The van der Waals surface area contributed by atoms with Gasteiger partial charge in [0.2, 0.25) is 0 Å². The topological polar surface area (TPSA) is 91.0 Å². The Morgan fingerprint density at radius 3 is 3.03 bits per heavy atom. The molecule has 1 aliphatic heterocycles. The number of benzene rings is 1. The van der Waals surface area contributed by atoms with E-state index in [0.29, 0.717) is 33.9 Å². The van der Waals surface area contributed by atoms with Crippen LogP contribution in [0.2, 0.25) is 0 Å². The van der Waals surface area contributed by atoms with Crippen LogP contribution in [0.5, 0.6) is 5.75 Å². The first-order valence-electron chi connectivity index (χ1n) is 9.17. The Bertz CT molecular complexity index is 1100. The number of ether oxygens (including phenoxy) is 1. The Morgan fingerprint density at radius 1 is 1.41 bits per heavy atom. The summed E-state index contributed by atoms with van der Waals surface area (Å²) in [6.45, 7) is 3.86. The van der Waals surface area contributed by atoms with E-state index in [-0.39, 0.29) is 29.9 Å². The highest BCUT2D eigenvalue weighted by atomic mass is 19.1. The smallest absolute Gasteiger partial charge is 0.257 e. The summed E-state index contributed by atoms with van der Waals surface area (Å²) in [6.07, 6.45) is 4.27. The average molecular weight is 394 g/mol. The van der Waals surface area contributed by atoms with Crippen LogP contribution in [0.15, 0.2) is 42.9 Å². The number of halogens is 1. The monoisotopic (exact) mass is 394 g/mol. The van der Waals surface area contributed by atoms with Crippen molar-refractivity contribution in [2.45, 2.75) is 26.4 Å². The number of nitrogens with one attached hydrogen (secondary N) is 1. The molecule has 0 spiro atoms. The number of hydrogen-bond acceptors (Lipinski definition) is 5. The first-order valence-corrected chi connectivity index (χ1v) is 9.17. The first-order chi connectivity index (χ1) is 13.9. The van der Waals surface area contributed by atoms with Crippen molar-refractivity contribution in [2.24, 2.45) is 0 Å². The molecule has 3 aromatic rings. The predicted molar refractivity (Wildman–Crippen MR) is 103 cm³/mol. The van der Waals surface area contributed by atoms with Crippen LogP contribution in [0.3, 0.4) is 0 Å². The zero-order chi connectivity index (χ0) is 20.5. The molecule has 1 atom stereocenters. The van der Waals surface area contributed by atoms with Crippen molar-refractivity contribution in [3.8, 4) is 17.0 Å². The fourth-order valence-electron chi connectivity index (χ4n) is 3.37. The molecule has 7 nitrogen and oxygen atoms in total. The van der Waals surface area contributed by atoms with E-state index in [1.54, 1.807) is 12.3 Å². The van der Waals surface area contributed by atoms with Gasteiger partial charge in [0.25, 0.3) is 5.91 Å². The largest absolute Gasteiger partial charge is 0.619 e. The molecule has 0 aliphatic carbocycles. The molecule has 0 radical (unpaired) electrons. The lowest BCUT2D eigenvalue weighted by atomic mass is 10.0. The maximum atomic E-state index is 14.2. The van der Waals surface area contributed by atoms with Crippen molar-refractivity contribution in [3.05, 3.63) is 76.4 Å². The summed E-state index contributed by atoms with van der Waals surface area (Å²) < 4.78 is 20.8. The molecule has 29 heavy (non-hydrogen) atoms. The van der Waals surface area contributed by atoms with Gasteiger partial charge in [-0.15, -0.1) is 0 Å². The van der Waals surface area contributed by atoms with E-state index in [9.17, 15) is 14.4 Å². The van der Waals surface area contributed by atoms with Crippen LogP contribution >= 0.6 is 0 Å². The van der Waals surface area contributed by atoms with Crippen molar-refractivity contribution in [3.63, 3.8) is 0 Å². The maximum Gasteiger partial charge on any atom is 0.257 e. The molecule has 1 aromatic carbocycles. The first kappa shape index (κ1) is 18.8. The number of nitrogens with zero attached hydrogens (tertiary/aromatic N) is 3. The SMILES string of the molecule is Cc1cnc(C)c(-c2cc(F)cc3c2OC(CNC(=O)c2ccc[n+]([O-])c2)C3)n1. The van der Waals surface area contributed by atoms with Crippen LogP contribution in [-0.2, 0) is 6.42 Å². The van der Waals surface area contributed by atoms with E-state index < -0.39 is 0 Å². The average Bonchev–Trinajstić information content (AvgIpc) is 3.10. The summed E-state index contributed by atoms with van der Waals surface area (Å²) in [5, 5.41) is 14.1. The lowest BCUT2D eigenvalue weighted by Gasteiger charge is -2.14. The minimum Gasteiger partial charge on any atom is -0.619 e. The van der Waals surface area contributed by atoms with Crippen molar-refractivity contribution in [2.75, 3.05) is 6.54 Å². The van der Waals surface area contributed by atoms with Crippen LogP contribution in [0.25, 0.3) is 11.3 Å². The third-order valence-electron chi connectivity index (χ3n) is 4.72. The Morgan fingerprint density at radius 2 is 2.24 bits per heavy atom. The quantitative estimate of drug-likeness (QED) is 0.541. The molecule has 1 amide bonds. The zero-order valence-electron chi connectivity index (χ0n) is 16.0. The van der Waals surface area contributed by atoms with E-state index >= 15 is 0 Å². The number of carbonyl (C=O) groups excluding carboxylic acids is 1. The number of aromatic nitrogens is 3. The Balaban J connectivity index is 1.54. The summed E-state index contributed by atoms with van der Waals surface area (Å²) in [4.78, 5) is 21.1. The summed E-state index contributed by atoms with van der Waals surface area (Å²) in [7, 11) is 0. The van der Waals surface area contributed by atoms with Gasteiger partial charge in [0.15, 0.2) is 12.4 Å². The second-order valence-electron chi connectivity index (χ2n) is 6.99. The predicted octanol–water partition coefficient (Wildman–Crippen LogP) is 2.27. The second-order valence-corrected chi connectivity index (χ2v) is 6.99. The summed E-state index contributed by atoms with van der Waals surface area (Å²) in [5.41, 5.74) is 3.52. The second kappa shape index (κ2) is 7.46. The highest BCUT2D eigenvalue weighted by Crippen LogP contribution is 2.39. The van der Waals surface area contributed by atoms with Crippen molar-refractivity contribution < 1.29 is 18.7 Å². The van der Waals surface area contributed by atoms with E-state index in [0.717, 1.165) is 11.3 Å². The van der Waals surface area contributed by atoms with Crippen molar-refractivity contribution in [1.29, 1.82) is 0 Å². The molecule has 0 bridgehead atoms. The molecule has 2 aromatic heterocycles. The third-order valence-corrected chi connectivity index (χ3v) is 4.72. The number of aryl methyl sites for hydroxylation is 2. The molecule has 1 N–H and O–H groups in total. The number of amides is 1. The van der Waals surface area contributed by atoms with Crippen molar-refractivity contribution in [1.82, 2.24) is 15.3 Å². The minimum absolute atomic E-state index is 0.223. The van der Waals surface area contributed by atoms with Gasteiger partial charge in [0.05, 0.1) is 23.6 Å². The highest BCUT2D eigenvalue weighted by molar-refractivity contribution is 5.93. The molecule has 4 rings (SSSR count). The molecule has 1 aliphatic rings. The van der Waals surface area contributed by atoms with Gasteiger partial charge in [0.1, 0.15) is 23.2 Å². The summed E-state index contributed by atoms with van der Waals surface area (Å²) in [6, 6.07) is 5.90. The fourth-order valence-corrected chi connectivity index (χ4v) is 3.37. The molecule has 148 valence electrons. The van der Waals surface area contributed by atoms with Gasteiger partial charge in [0, 0.05) is 29.8 Å². The maximum absolute atomic E-state index is 14.2. The Labute approximate surface area is 166 Å². The van der Waals surface area contributed by atoms with Crippen LogP contribution in [0.4, 0.5) is 4.39 Å². The fraction of sp³-hybridized carbons (Fsp3) is 0.238. The molecule has 0 saturated carbocycles. The number of hydrogen-bond donors (Lipinski definition) is 1. The van der Waals surface area contributed by atoms with Gasteiger partial charge in [-0.05, 0) is 32.0 Å². The molecule has 3 heterocycles. The number of rotatable bonds is 4. The van der Waals surface area contributed by atoms with Crippen LogP contribution in [0, 0.1) is 24.9 Å². The van der Waals surface area contributed by atoms with E-state index in [4.69, 9.17) is 4.74 Å². The third kappa shape index (κ3) is 3.87.